The Morgan fingerprint density at radius 2 is 1.41 bits per heavy atom. The second-order valence-corrected chi connectivity index (χ2v) is 9.03. The Balaban J connectivity index is 1.37. The minimum Gasteiger partial charge on any atom is -0.512 e. The standard InChI is InChI=1S/C29H23B2N3O7/c35-28(32-21-12-14-23(15-13-21)41-31(39)40)19-4-3-5-22(16-19)33-29(36)25-17-27(34-26-7-2-1-6-24(25)26)18-8-10-20(11-9-18)30(37)38/h1-17,37-40H,(H,32,35)(H,33,36). The molecule has 41 heavy (non-hydrogen) atoms. The highest BCUT2D eigenvalue weighted by molar-refractivity contribution is 6.58. The van der Waals surface area contributed by atoms with Crippen molar-refractivity contribution in [3.63, 3.8) is 0 Å². The molecule has 0 aliphatic heterocycles. The number of benzene rings is 4. The zero-order valence-electron chi connectivity index (χ0n) is 21.4. The molecule has 0 aliphatic carbocycles. The largest absolute Gasteiger partial charge is 0.707 e. The van der Waals surface area contributed by atoms with Gasteiger partial charge in [0.25, 0.3) is 11.8 Å². The average molecular weight is 547 g/mol. The lowest BCUT2D eigenvalue weighted by molar-refractivity contribution is 0.101. The van der Waals surface area contributed by atoms with Crippen molar-refractivity contribution in [3.05, 3.63) is 114 Å². The number of para-hydroxylation sites is 1. The highest BCUT2D eigenvalue weighted by Gasteiger charge is 2.17. The summed E-state index contributed by atoms with van der Waals surface area (Å²) in [6, 6.07) is 28.0. The summed E-state index contributed by atoms with van der Waals surface area (Å²) in [6.07, 6.45) is 0. The fraction of sp³-hybridized carbons (Fsp3) is 0. The van der Waals surface area contributed by atoms with Crippen molar-refractivity contribution in [2.45, 2.75) is 0 Å². The molecule has 202 valence electrons. The molecular weight excluding hydrogens is 524 g/mol. The quantitative estimate of drug-likeness (QED) is 0.162. The van der Waals surface area contributed by atoms with Crippen LogP contribution in [0.15, 0.2) is 103 Å². The van der Waals surface area contributed by atoms with E-state index in [0.29, 0.717) is 50.1 Å². The summed E-state index contributed by atoms with van der Waals surface area (Å²) in [6.45, 7) is 0. The minimum atomic E-state index is -1.95. The van der Waals surface area contributed by atoms with Gasteiger partial charge in [-0.25, -0.2) is 4.98 Å². The number of fused-ring (bicyclic) bond motifs is 1. The highest BCUT2D eigenvalue weighted by Crippen LogP contribution is 2.26. The van der Waals surface area contributed by atoms with Gasteiger partial charge in [0, 0.05) is 27.9 Å². The van der Waals surface area contributed by atoms with Crippen molar-refractivity contribution < 1.29 is 34.3 Å². The van der Waals surface area contributed by atoms with Gasteiger partial charge in [0.2, 0.25) is 0 Å². The summed E-state index contributed by atoms with van der Waals surface area (Å²) < 4.78 is 4.76. The van der Waals surface area contributed by atoms with E-state index in [2.05, 4.69) is 15.6 Å². The molecule has 6 N–H and O–H groups in total. The molecule has 1 aromatic heterocycles. The molecule has 0 spiro atoms. The number of pyridine rings is 1. The summed E-state index contributed by atoms with van der Waals surface area (Å²) >= 11 is 0. The molecule has 0 bridgehead atoms. The van der Waals surface area contributed by atoms with E-state index in [4.69, 9.17) is 14.7 Å². The Kier molecular flexibility index (Phi) is 8.09. The van der Waals surface area contributed by atoms with Gasteiger partial charge in [-0.1, -0.05) is 48.5 Å². The maximum Gasteiger partial charge on any atom is 0.707 e. The summed E-state index contributed by atoms with van der Waals surface area (Å²) in [5.41, 5.74) is 3.73. The molecule has 12 heteroatoms. The Bertz CT molecular complexity index is 1710. The van der Waals surface area contributed by atoms with Crippen molar-refractivity contribution in [2.24, 2.45) is 0 Å². The summed E-state index contributed by atoms with van der Waals surface area (Å²) in [4.78, 5) is 31.0. The van der Waals surface area contributed by atoms with Crippen molar-refractivity contribution in [2.75, 3.05) is 10.6 Å². The predicted molar refractivity (Wildman–Crippen MR) is 157 cm³/mol. The maximum atomic E-state index is 13.5. The first-order chi connectivity index (χ1) is 19.8. The molecule has 10 nitrogen and oxygen atoms in total. The third kappa shape index (κ3) is 6.60. The second-order valence-electron chi connectivity index (χ2n) is 9.03. The summed E-state index contributed by atoms with van der Waals surface area (Å²) in [5.74, 6) is -0.591. The molecule has 0 saturated heterocycles. The second kappa shape index (κ2) is 12.0. The van der Waals surface area contributed by atoms with Gasteiger partial charge in [0.15, 0.2) is 0 Å². The number of nitrogens with zero attached hydrogens (tertiary/aromatic N) is 1. The zero-order valence-corrected chi connectivity index (χ0v) is 21.4. The van der Waals surface area contributed by atoms with Gasteiger partial charge in [-0.15, -0.1) is 0 Å². The number of amides is 2. The third-order valence-corrected chi connectivity index (χ3v) is 6.20. The first kappa shape index (κ1) is 27.6. The Labute approximate surface area is 235 Å². The first-order valence-corrected chi connectivity index (χ1v) is 12.5. The minimum absolute atomic E-state index is 0.218. The van der Waals surface area contributed by atoms with E-state index < -0.39 is 26.3 Å². The number of aromatic nitrogens is 1. The number of hydrogen-bond acceptors (Lipinski definition) is 8. The molecule has 4 aromatic carbocycles. The van der Waals surface area contributed by atoms with Gasteiger partial charge in [-0.05, 0) is 60.1 Å². The van der Waals surface area contributed by atoms with Crippen LogP contribution in [0.5, 0.6) is 5.75 Å². The average Bonchev–Trinajstić information content (AvgIpc) is 2.97. The Hall–Kier alpha value is -5.00. The van der Waals surface area contributed by atoms with Crippen LogP contribution in [0.2, 0.25) is 0 Å². The molecule has 2 amide bonds. The Morgan fingerprint density at radius 3 is 2.12 bits per heavy atom. The van der Waals surface area contributed by atoms with E-state index in [9.17, 15) is 19.6 Å². The lowest BCUT2D eigenvalue weighted by atomic mass is 9.80. The molecule has 5 aromatic rings. The van der Waals surface area contributed by atoms with Gasteiger partial charge in [0.1, 0.15) is 5.75 Å². The van der Waals surface area contributed by atoms with Crippen LogP contribution in [0.4, 0.5) is 11.4 Å². The summed E-state index contributed by atoms with van der Waals surface area (Å²) in [5, 5.41) is 42.8. The van der Waals surface area contributed by atoms with Crippen LogP contribution >= 0.6 is 0 Å². The van der Waals surface area contributed by atoms with E-state index in [-0.39, 0.29) is 5.75 Å². The van der Waals surface area contributed by atoms with Gasteiger partial charge < -0.3 is 35.4 Å². The van der Waals surface area contributed by atoms with Crippen molar-refractivity contribution in [1.82, 2.24) is 4.98 Å². The van der Waals surface area contributed by atoms with E-state index >= 15 is 0 Å². The van der Waals surface area contributed by atoms with E-state index in [1.165, 1.54) is 12.1 Å². The molecule has 5 rings (SSSR count). The van der Waals surface area contributed by atoms with Crippen molar-refractivity contribution >= 4 is 54.0 Å². The topological polar surface area (TPSA) is 161 Å². The molecule has 0 radical (unpaired) electrons. The molecule has 0 atom stereocenters. The molecule has 0 fully saturated rings. The van der Waals surface area contributed by atoms with Gasteiger partial charge in [-0.2, -0.15) is 0 Å². The zero-order chi connectivity index (χ0) is 28.9. The number of anilines is 2. The first-order valence-electron chi connectivity index (χ1n) is 12.5. The molecule has 1 heterocycles. The number of carbonyl (C=O) groups excluding carboxylic acids is 2. The normalized spacial score (nSPS) is 10.6. The molecular formula is C29H23B2N3O7. The fourth-order valence-electron chi connectivity index (χ4n) is 4.22. The number of nitrogens with one attached hydrogen (secondary N) is 2. The van der Waals surface area contributed by atoms with Crippen LogP contribution < -0.4 is 20.8 Å². The predicted octanol–water partition coefficient (Wildman–Crippen LogP) is 2.43. The van der Waals surface area contributed by atoms with Crippen molar-refractivity contribution in [3.8, 4) is 17.0 Å². The van der Waals surface area contributed by atoms with Crippen LogP contribution in [-0.4, -0.2) is 51.3 Å². The van der Waals surface area contributed by atoms with Gasteiger partial charge in [0.05, 0.1) is 16.8 Å². The van der Waals surface area contributed by atoms with Crippen LogP contribution in [0.1, 0.15) is 20.7 Å². The van der Waals surface area contributed by atoms with Crippen molar-refractivity contribution in [1.29, 1.82) is 0 Å². The summed E-state index contributed by atoms with van der Waals surface area (Å²) in [7, 11) is -3.53. The van der Waals surface area contributed by atoms with Crippen LogP contribution in [-0.2, 0) is 0 Å². The van der Waals surface area contributed by atoms with E-state index in [1.54, 1.807) is 78.9 Å². The van der Waals surface area contributed by atoms with E-state index in [0.717, 1.165) is 0 Å². The number of rotatable bonds is 8. The van der Waals surface area contributed by atoms with E-state index in [1.807, 2.05) is 12.1 Å². The molecule has 0 unspecified atom stereocenters. The fourth-order valence-corrected chi connectivity index (χ4v) is 4.22. The number of carbonyl (C=O) groups is 2. The van der Waals surface area contributed by atoms with Crippen LogP contribution in [0.25, 0.3) is 22.2 Å². The van der Waals surface area contributed by atoms with Crippen LogP contribution in [0, 0.1) is 0 Å². The lowest BCUT2D eigenvalue weighted by Crippen LogP contribution is -2.29. The maximum absolute atomic E-state index is 13.5. The van der Waals surface area contributed by atoms with Gasteiger partial charge in [-0.3, -0.25) is 9.59 Å². The number of hydrogen-bond donors (Lipinski definition) is 6. The lowest BCUT2D eigenvalue weighted by Gasteiger charge is -2.12. The molecule has 0 saturated carbocycles. The Morgan fingerprint density at radius 1 is 0.707 bits per heavy atom. The van der Waals surface area contributed by atoms with Gasteiger partial charge >= 0.3 is 14.4 Å². The third-order valence-electron chi connectivity index (χ3n) is 6.20. The molecule has 0 aliphatic rings. The highest BCUT2D eigenvalue weighted by atomic mass is 16.6. The monoisotopic (exact) mass is 547 g/mol. The SMILES string of the molecule is O=C(Nc1ccc(OB(O)O)cc1)c1cccc(NC(=O)c2cc(-c3ccc(B(O)O)cc3)nc3ccccc23)c1. The van der Waals surface area contributed by atoms with Crippen LogP contribution in [0.3, 0.4) is 0 Å². The smallest absolute Gasteiger partial charge is 0.512 e.